The van der Waals surface area contributed by atoms with E-state index in [9.17, 15) is 9.59 Å². The molecule has 1 aromatic carbocycles. The predicted molar refractivity (Wildman–Crippen MR) is 107 cm³/mol. The Kier molecular flexibility index (Phi) is 5.98. The topological polar surface area (TPSA) is 72.4 Å². The van der Waals surface area contributed by atoms with E-state index in [1.807, 2.05) is 31.2 Å². The van der Waals surface area contributed by atoms with Crippen molar-refractivity contribution in [1.82, 2.24) is 9.97 Å². The van der Waals surface area contributed by atoms with E-state index in [4.69, 9.17) is 4.74 Å². The number of aromatic nitrogens is 2. The minimum atomic E-state index is -0.486. The van der Waals surface area contributed by atoms with Gasteiger partial charge >= 0.3 is 5.97 Å². The molecule has 0 saturated carbocycles. The Morgan fingerprint density at radius 1 is 1.26 bits per heavy atom. The third-order valence-electron chi connectivity index (χ3n) is 3.60. The van der Waals surface area contributed by atoms with Crippen molar-refractivity contribution in [3.63, 3.8) is 0 Å². The zero-order chi connectivity index (χ0) is 19.4. The molecule has 0 N–H and O–H groups in total. The van der Waals surface area contributed by atoms with E-state index in [1.54, 1.807) is 22.5 Å². The van der Waals surface area contributed by atoms with Gasteiger partial charge in [-0.05, 0) is 46.6 Å². The van der Waals surface area contributed by atoms with Crippen LogP contribution in [0, 0.1) is 6.92 Å². The summed E-state index contributed by atoms with van der Waals surface area (Å²) in [5.74, 6) is -0.626. The van der Waals surface area contributed by atoms with Gasteiger partial charge in [0.15, 0.2) is 5.13 Å². The molecule has 2 aromatic heterocycles. The first-order chi connectivity index (χ1) is 12.9. The van der Waals surface area contributed by atoms with Crippen molar-refractivity contribution in [2.24, 2.45) is 0 Å². The zero-order valence-electron chi connectivity index (χ0n) is 14.7. The fourth-order valence-electron chi connectivity index (χ4n) is 2.41. The number of amides is 1. The number of anilines is 2. The van der Waals surface area contributed by atoms with Gasteiger partial charge in [-0.3, -0.25) is 14.7 Å². The van der Waals surface area contributed by atoms with Crippen molar-refractivity contribution < 1.29 is 14.3 Å². The summed E-state index contributed by atoms with van der Waals surface area (Å²) in [6.45, 7) is 3.47. The lowest BCUT2D eigenvalue weighted by molar-refractivity contribution is -0.115. The molecule has 3 aromatic rings. The van der Waals surface area contributed by atoms with Crippen LogP contribution in [0.1, 0.15) is 28.5 Å². The molecule has 138 valence electrons. The van der Waals surface area contributed by atoms with Crippen LogP contribution in [0.15, 0.2) is 52.6 Å². The average molecular weight is 446 g/mol. The second-order valence-corrected chi connectivity index (χ2v) is 7.54. The second kappa shape index (κ2) is 8.41. The third-order valence-corrected chi connectivity index (χ3v) is 4.91. The first-order valence-corrected chi connectivity index (χ1v) is 9.71. The SMILES string of the molecule is CC(=O)N(c1cccc(C)c1)c1nc(COC(=O)c2cncc(Br)c2)cs1. The predicted octanol–water partition coefficient (Wildman–Crippen LogP) is 4.65. The fraction of sp³-hybridized carbons (Fsp3) is 0.158. The van der Waals surface area contributed by atoms with Crippen molar-refractivity contribution >= 4 is 50.0 Å². The molecule has 0 aliphatic carbocycles. The van der Waals surface area contributed by atoms with Crippen LogP contribution in [-0.2, 0) is 16.1 Å². The van der Waals surface area contributed by atoms with Crippen LogP contribution in [-0.4, -0.2) is 21.8 Å². The standard InChI is InChI=1S/C19H16BrN3O3S/c1-12-4-3-5-17(6-12)23(13(2)24)19-22-16(11-27-19)10-26-18(25)14-7-15(20)9-21-8-14/h3-9,11H,10H2,1-2H3. The summed E-state index contributed by atoms with van der Waals surface area (Å²) in [7, 11) is 0. The molecule has 0 radical (unpaired) electrons. The molecule has 0 spiro atoms. The first-order valence-electron chi connectivity index (χ1n) is 8.03. The Balaban J connectivity index is 1.73. The molecule has 3 rings (SSSR count). The average Bonchev–Trinajstić information content (AvgIpc) is 3.08. The van der Waals surface area contributed by atoms with Gasteiger partial charge in [-0.15, -0.1) is 11.3 Å². The molecule has 27 heavy (non-hydrogen) atoms. The van der Waals surface area contributed by atoms with E-state index >= 15 is 0 Å². The van der Waals surface area contributed by atoms with Crippen molar-refractivity contribution in [2.75, 3.05) is 4.90 Å². The summed E-state index contributed by atoms with van der Waals surface area (Å²) in [5.41, 5.74) is 2.72. The van der Waals surface area contributed by atoms with Gasteiger partial charge in [0.05, 0.1) is 16.9 Å². The molecule has 0 aliphatic rings. The largest absolute Gasteiger partial charge is 0.456 e. The number of nitrogens with zero attached hydrogens (tertiary/aromatic N) is 3. The van der Waals surface area contributed by atoms with Gasteiger partial charge in [0.2, 0.25) is 5.91 Å². The van der Waals surface area contributed by atoms with Crippen LogP contribution in [0.2, 0.25) is 0 Å². The molecule has 6 nitrogen and oxygen atoms in total. The van der Waals surface area contributed by atoms with Crippen molar-refractivity contribution in [1.29, 1.82) is 0 Å². The van der Waals surface area contributed by atoms with Gasteiger partial charge in [0.25, 0.3) is 0 Å². The summed E-state index contributed by atoms with van der Waals surface area (Å²) in [6.07, 6.45) is 3.03. The normalized spacial score (nSPS) is 10.5. The Labute approximate surface area is 169 Å². The number of ether oxygens (including phenoxy) is 1. The molecular weight excluding hydrogens is 430 g/mol. The van der Waals surface area contributed by atoms with Gasteiger partial charge < -0.3 is 4.74 Å². The van der Waals surface area contributed by atoms with Crippen LogP contribution in [0.25, 0.3) is 0 Å². The second-order valence-electron chi connectivity index (χ2n) is 5.78. The molecule has 0 fully saturated rings. The summed E-state index contributed by atoms with van der Waals surface area (Å²) in [4.78, 5) is 34.2. The quantitative estimate of drug-likeness (QED) is 0.534. The van der Waals surface area contributed by atoms with Crippen LogP contribution in [0.4, 0.5) is 10.8 Å². The Morgan fingerprint density at radius 2 is 2.07 bits per heavy atom. The number of carbonyl (C=O) groups is 2. The number of pyridine rings is 1. The summed E-state index contributed by atoms with van der Waals surface area (Å²) < 4.78 is 5.99. The lowest BCUT2D eigenvalue weighted by atomic mass is 10.2. The number of esters is 1. The van der Waals surface area contributed by atoms with Gasteiger partial charge in [-0.2, -0.15) is 0 Å². The van der Waals surface area contributed by atoms with Crippen LogP contribution < -0.4 is 4.90 Å². The molecular formula is C19H16BrN3O3S. The minimum absolute atomic E-state index is 0.0153. The van der Waals surface area contributed by atoms with E-state index in [0.29, 0.717) is 20.9 Å². The third kappa shape index (κ3) is 4.78. The molecule has 1 amide bonds. The van der Waals surface area contributed by atoms with Crippen LogP contribution in [0.5, 0.6) is 0 Å². The summed E-state index contributed by atoms with van der Waals surface area (Å²) in [5, 5.41) is 2.30. The number of halogens is 1. The lowest BCUT2D eigenvalue weighted by Crippen LogP contribution is -2.22. The number of thiazole rings is 1. The highest BCUT2D eigenvalue weighted by molar-refractivity contribution is 9.10. The Bertz CT molecular complexity index is 990. The van der Waals surface area contributed by atoms with E-state index in [2.05, 4.69) is 25.9 Å². The van der Waals surface area contributed by atoms with Gasteiger partial charge in [-0.25, -0.2) is 9.78 Å². The molecule has 2 heterocycles. The molecule has 0 unspecified atom stereocenters. The molecule has 8 heteroatoms. The summed E-state index contributed by atoms with van der Waals surface area (Å²) >= 11 is 4.59. The number of hydrogen-bond acceptors (Lipinski definition) is 6. The van der Waals surface area contributed by atoms with Gasteiger partial charge in [0, 0.05) is 29.2 Å². The van der Waals surface area contributed by atoms with E-state index in [1.165, 1.54) is 24.5 Å². The van der Waals surface area contributed by atoms with Crippen LogP contribution >= 0.6 is 27.3 Å². The minimum Gasteiger partial charge on any atom is -0.456 e. The number of rotatable bonds is 5. The van der Waals surface area contributed by atoms with Crippen molar-refractivity contribution in [3.8, 4) is 0 Å². The zero-order valence-corrected chi connectivity index (χ0v) is 17.1. The van der Waals surface area contributed by atoms with Crippen molar-refractivity contribution in [3.05, 3.63) is 69.4 Å². The highest BCUT2D eigenvalue weighted by atomic mass is 79.9. The molecule has 0 atom stereocenters. The van der Waals surface area contributed by atoms with Gasteiger partial charge in [-0.1, -0.05) is 12.1 Å². The van der Waals surface area contributed by atoms with Gasteiger partial charge in [0.1, 0.15) is 6.61 Å². The highest BCUT2D eigenvalue weighted by Gasteiger charge is 2.18. The molecule has 0 saturated heterocycles. The first kappa shape index (κ1) is 19.2. The summed E-state index contributed by atoms with van der Waals surface area (Å²) in [6, 6.07) is 9.27. The molecule has 0 bridgehead atoms. The monoisotopic (exact) mass is 445 g/mol. The van der Waals surface area contributed by atoms with E-state index in [-0.39, 0.29) is 12.5 Å². The maximum absolute atomic E-state index is 12.1. The Hall–Kier alpha value is -2.58. The van der Waals surface area contributed by atoms with E-state index in [0.717, 1.165) is 11.3 Å². The maximum Gasteiger partial charge on any atom is 0.340 e. The smallest absolute Gasteiger partial charge is 0.340 e. The van der Waals surface area contributed by atoms with Crippen LogP contribution in [0.3, 0.4) is 0 Å². The maximum atomic E-state index is 12.1. The van der Waals surface area contributed by atoms with E-state index < -0.39 is 5.97 Å². The Morgan fingerprint density at radius 3 is 2.78 bits per heavy atom. The number of hydrogen-bond donors (Lipinski definition) is 0. The lowest BCUT2D eigenvalue weighted by Gasteiger charge is -2.18. The number of aryl methyl sites for hydroxylation is 1. The number of benzene rings is 1. The molecule has 0 aliphatic heterocycles. The fourth-order valence-corrected chi connectivity index (χ4v) is 3.64. The highest BCUT2D eigenvalue weighted by Crippen LogP contribution is 2.29. The van der Waals surface area contributed by atoms with Crippen molar-refractivity contribution in [2.45, 2.75) is 20.5 Å². The number of carbonyl (C=O) groups excluding carboxylic acids is 2.